The van der Waals surface area contributed by atoms with Crippen molar-refractivity contribution in [1.29, 1.82) is 0 Å². The standard InChI is InChI=1S/C16H26N2O2/c1-3-12-14(19)17-10-6-7-13(17)15(20)18(12)11-16(2)8-4-5-9-16/h12-13H,3-11H2,1-2H3. The van der Waals surface area contributed by atoms with Crippen LogP contribution in [0.15, 0.2) is 0 Å². The molecule has 3 fully saturated rings. The van der Waals surface area contributed by atoms with Gasteiger partial charge in [0.15, 0.2) is 0 Å². The highest BCUT2D eigenvalue weighted by molar-refractivity contribution is 5.97. The van der Waals surface area contributed by atoms with E-state index in [0.29, 0.717) is 0 Å². The fraction of sp³-hybridized carbons (Fsp3) is 0.875. The van der Waals surface area contributed by atoms with Crippen LogP contribution in [0.2, 0.25) is 0 Å². The highest BCUT2D eigenvalue weighted by atomic mass is 16.2. The summed E-state index contributed by atoms with van der Waals surface area (Å²) >= 11 is 0. The predicted octanol–water partition coefficient (Wildman–Crippen LogP) is 2.18. The van der Waals surface area contributed by atoms with E-state index in [1.807, 2.05) is 16.7 Å². The zero-order valence-electron chi connectivity index (χ0n) is 12.7. The average Bonchev–Trinajstić information content (AvgIpc) is 3.05. The van der Waals surface area contributed by atoms with Crippen molar-refractivity contribution < 1.29 is 9.59 Å². The highest BCUT2D eigenvalue weighted by Gasteiger charge is 2.48. The molecule has 3 aliphatic rings. The monoisotopic (exact) mass is 278 g/mol. The Morgan fingerprint density at radius 3 is 2.50 bits per heavy atom. The second-order valence-electron chi connectivity index (χ2n) is 7.10. The van der Waals surface area contributed by atoms with Crippen LogP contribution in [0, 0.1) is 5.41 Å². The molecule has 2 aliphatic heterocycles. The lowest BCUT2D eigenvalue weighted by Gasteiger charge is -2.45. The van der Waals surface area contributed by atoms with Crippen LogP contribution >= 0.6 is 0 Å². The largest absolute Gasteiger partial charge is 0.329 e. The van der Waals surface area contributed by atoms with Gasteiger partial charge in [0.2, 0.25) is 11.8 Å². The number of amides is 2. The molecule has 0 bridgehead atoms. The minimum absolute atomic E-state index is 0.157. The molecule has 4 nitrogen and oxygen atoms in total. The SMILES string of the molecule is CCC1C(=O)N2CCCC2C(=O)N1CC1(C)CCCC1. The van der Waals surface area contributed by atoms with Gasteiger partial charge in [-0.1, -0.05) is 26.7 Å². The summed E-state index contributed by atoms with van der Waals surface area (Å²) < 4.78 is 0. The Morgan fingerprint density at radius 2 is 1.85 bits per heavy atom. The van der Waals surface area contributed by atoms with Crippen molar-refractivity contribution >= 4 is 11.8 Å². The van der Waals surface area contributed by atoms with E-state index in [4.69, 9.17) is 0 Å². The van der Waals surface area contributed by atoms with E-state index >= 15 is 0 Å². The van der Waals surface area contributed by atoms with Crippen molar-refractivity contribution in [3.05, 3.63) is 0 Å². The highest BCUT2D eigenvalue weighted by Crippen LogP contribution is 2.40. The number of hydrogen-bond donors (Lipinski definition) is 0. The summed E-state index contributed by atoms with van der Waals surface area (Å²) in [6, 6.07) is -0.371. The summed E-state index contributed by atoms with van der Waals surface area (Å²) in [5.41, 5.74) is 0.226. The molecule has 0 radical (unpaired) electrons. The van der Waals surface area contributed by atoms with Crippen LogP contribution in [-0.4, -0.2) is 46.8 Å². The molecule has 0 aromatic carbocycles. The van der Waals surface area contributed by atoms with Crippen LogP contribution in [0.5, 0.6) is 0 Å². The molecule has 2 amide bonds. The molecule has 2 saturated heterocycles. The number of carbonyl (C=O) groups is 2. The van der Waals surface area contributed by atoms with Crippen molar-refractivity contribution in [2.45, 2.75) is 70.9 Å². The van der Waals surface area contributed by atoms with Gasteiger partial charge >= 0.3 is 0 Å². The Bertz CT molecular complexity index is 415. The Labute approximate surface area is 121 Å². The van der Waals surface area contributed by atoms with E-state index < -0.39 is 0 Å². The van der Waals surface area contributed by atoms with E-state index in [1.165, 1.54) is 25.7 Å². The van der Waals surface area contributed by atoms with Crippen LogP contribution in [0.3, 0.4) is 0 Å². The molecule has 2 atom stereocenters. The lowest BCUT2D eigenvalue weighted by molar-refractivity contribution is -0.161. The molecule has 112 valence electrons. The third-order valence-electron chi connectivity index (χ3n) is 5.51. The van der Waals surface area contributed by atoms with Crippen LogP contribution in [0.1, 0.15) is 58.8 Å². The van der Waals surface area contributed by atoms with E-state index in [9.17, 15) is 9.59 Å². The van der Waals surface area contributed by atoms with Crippen LogP contribution in [-0.2, 0) is 9.59 Å². The van der Waals surface area contributed by atoms with Crippen LogP contribution in [0.4, 0.5) is 0 Å². The molecule has 0 aromatic rings. The van der Waals surface area contributed by atoms with Gasteiger partial charge in [-0.05, 0) is 37.5 Å². The quantitative estimate of drug-likeness (QED) is 0.794. The van der Waals surface area contributed by atoms with Crippen LogP contribution in [0.25, 0.3) is 0 Å². The Morgan fingerprint density at radius 1 is 1.15 bits per heavy atom. The molecule has 1 saturated carbocycles. The molecule has 2 unspecified atom stereocenters. The first kappa shape index (κ1) is 13.9. The number of hydrogen-bond acceptors (Lipinski definition) is 2. The van der Waals surface area contributed by atoms with Gasteiger partial charge in [0.1, 0.15) is 12.1 Å². The van der Waals surface area contributed by atoms with Crippen molar-refractivity contribution in [3.63, 3.8) is 0 Å². The van der Waals surface area contributed by atoms with E-state index in [0.717, 1.165) is 32.4 Å². The summed E-state index contributed by atoms with van der Waals surface area (Å²) in [5, 5.41) is 0. The zero-order chi connectivity index (χ0) is 14.3. The van der Waals surface area contributed by atoms with Crippen molar-refractivity contribution in [2.24, 2.45) is 5.41 Å². The fourth-order valence-corrected chi connectivity index (χ4v) is 4.34. The van der Waals surface area contributed by atoms with Gasteiger partial charge in [0.05, 0.1) is 0 Å². The molecule has 1 aliphatic carbocycles. The van der Waals surface area contributed by atoms with E-state index in [1.54, 1.807) is 0 Å². The number of nitrogens with zero attached hydrogens (tertiary/aromatic N) is 2. The zero-order valence-corrected chi connectivity index (χ0v) is 12.7. The number of rotatable bonds is 3. The summed E-state index contributed by atoms with van der Waals surface area (Å²) in [4.78, 5) is 29.2. The topological polar surface area (TPSA) is 40.6 Å². The lowest BCUT2D eigenvalue weighted by atomic mass is 9.86. The second kappa shape index (κ2) is 5.05. The molecule has 4 heteroatoms. The van der Waals surface area contributed by atoms with Crippen molar-refractivity contribution in [1.82, 2.24) is 9.80 Å². The van der Waals surface area contributed by atoms with Gasteiger partial charge in [0, 0.05) is 13.1 Å². The Kier molecular flexibility index (Phi) is 3.51. The normalized spacial score (nSPS) is 32.9. The number of carbonyl (C=O) groups excluding carboxylic acids is 2. The first-order chi connectivity index (χ1) is 9.56. The van der Waals surface area contributed by atoms with Crippen molar-refractivity contribution in [3.8, 4) is 0 Å². The van der Waals surface area contributed by atoms with Gasteiger partial charge < -0.3 is 9.80 Å². The summed E-state index contributed by atoms with van der Waals surface area (Å²) in [7, 11) is 0. The lowest BCUT2D eigenvalue weighted by Crippen LogP contribution is -2.63. The number of piperazine rings is 1. The maximum absolute atomic E-state index is 12.8. The third-order valence-corrected chi connectivity index (χ3v) is 5.51. The van der Waals surface area contributed by atoms with Gasteiger partial charge in [-0.25, -0.2) is 0 Å². The molecule has 0 aromatic heterocycles. The van der Waals surface area contributed by atoms with Gasteiger partial charge in [-0.2, -0.15) is 0 Å². The van der Waals surface area contributed by atoms with Gasteiger partial charge in [-0.15, -0.1) is 0 Å². The van der Waals surface area contributed by atoms with Gasteiger partial charge in [-0.3, -0.25) is 9.59 Å². The smallest absolute Gasteiger partial charge is 0.246 e. The predicted molar refractivity (Wildman–Crippen MR) is 77.1 cm³/mol. The minimum Gasteiger partial charge on any atom is -0.329 e. The molecule has 0 N–H and O–H groups in total. The Balaban J connectivity index is 1.83. The summed E-state index contributed by atoms with van der Waals surface area (Å²) in [6.45, 7) is 5.86. The third kappa shape index (κ3) is 2.13. The fourth-order valence-electron chi connectivity index (χ4n) is 4.34. The maximum atomic E-state index is 12.8. The molecular formula is C16H26N2O2. The Hall–Kier alpha value is -1.06. The minimum atomic E-state index is -0.214. The van der Waals surface area contributed by atoms with Gasteiger partial charge in [0.25, 0.3) is 0 Å². The maximum Gasteiger partial charge on any atom is 0.246 e. The summed E-state index contributed by atoms with van der Waals surface area (Å²) in [6.07, 6.45) is 7.48. The molecule has 0 spiro atoms. The number of fused-ring (bicyclic) bond motifs is 1. The summed E-state index contributed by atoms with van der Waals surface area (Å²) in [5.74, 6) is 0.401. The first-order valence-electron chi connectivity index (χ1n) is 8.17. The first-order valence-corrected chi connectivity index (χ1v) is 8.17. The van der Waals surface area contributed by atoms with Crippen LogP contribution < -0.4 is 0 Å². The molecular weight excluding hydrogens is 252 g/mol. The van der Waals surface area contributed by atoms with E-state index in [2.05, 4.69) is 6.92 Å². The molecule has 3 rings (SSSR count). The molecule has 2 heterocycles. The second-order valence-corrected chi connectivity index (χ2v) is 7.10. The average molecular weight is 278 g/mol. The van der Waals surface area contributed by atoms with Crippen molar-refractivity contribution in [2.75, 3.05) is 13.1 Å². The molecule has 20 heavy (non-hydrogen) atoms. The van der Waals surface area contributed by atoms with E-state index in [-0.39, 0.29) is 29.3 Å².